The van der Waals surface area contributed by atoms with E-state index in [1.165, 1.54) is 49.6 Å². The summed E-state index contributed by atoms with van der Waals surface area (Å²) in [5.74, 6) is -0.570. The number of halogens is 3. The summed E-state index contributed by atoms with van der Waals surface area (Å²) in [5.41, 5.74) is -0.284. The molecule has 0 unspecified atom stereocenters. The number of amides is 1. The molecule has 2 aromatic carbocycles. The van der Waals surface area contributed by atoms with Crippen LogP contribution in [0.3, 0.4) is 0 Å². The number of benzene rings is 2. The third kappa shape index (κ3) is 4.11. The van der Waals surface area contributed by atoms with Gasteiger partial charge < -0.3 is 5.32 Å². The van der Waals surface area contributed by atoms with E-state index in [0.717, 1.165) is 6.07 Å². The SMILES string of the molecule is Cc1cc2c(cc1C(F)(F)F)NC(=O)CC(c1cccc(S(=O)(=O)c3ncccn3)c1)=N2. The summed E-state index contributed by atoms with van der Waals surface area (Å²) in [7, 11) is -4.01. The Morgan fingerprint density at radius 1 is 1.03 bits per heavy atom. The maximum atomic E-state index is 13.2. The van der Waals surface area contributed by atoms with Gasteiger partial charge in [-0.05, 0) is 48.4 Å². The number of rotatable bonds is 3. The standard InChI is InChI=1S/C21H15F3N4O3S/c1-12-8-17-18(10-15(12)21(22,23)24)28-19(29)11-16(27-17)13-4-2-5-14(9-13)32(30,31)20-25-6-3-7-26-20/h2-10H,11H2,1H3,(H,28,29). The van der Waals surface area contributed by atoms with Crippen LogP contribution in [0.4, 0.5) is 24.5 Å². The number of aryl methyl sites for hydroxylation is 1. The minimum Gasteiger partial charge on any atom is -0.324 e. The summed E-state index contributed by atoms with van der Waals surface area (Å²) in [6.07, 6.45) is -2.22. The third-order valence-electron chi connectivity index (χ3n) is 4.77. The fourth-order valence-corrected chi connectivity index (χ4v) is 4.41. The lowest BCUT2D eigenvalue weighted by Crippen LogP contribution is -2.16. The van der Waals surface area contributed by atoms with E-state index in [1.54, 1.807) is 6.07 Å². The number of anilines is 1. The lowest BCUT2D eigenvalue weighted by Gasteiger charge is -2.13. The largest absolute Gasteiger partial charge is 0.416 e. The van der Waals surface area contributed by atoms with Gasteiger partial charge in [-0.2, -0.15) is 13.2 Å². The highest BCUT2D eigenvalue weighted by Gasteiger charge is 2.34. The van der Waals surface area contributed by atoms with Gasteiger partial charge in [0.05, 0.1) is 34.0 Å². The smallest absolute Gasteiger partial charge is 0.324 e. The van der Waals surface area contributed by atoms with E-state index in [1.807, 2.05) is 0 Å². The minimum atomic E-state index is -4.58. The van der Waals surface area contributed by atoms with E-state index in [9.17, 15) is 26.4 Å². The predicted molar refractivity (Wildman–Crippen MR) is 110 cm³/mol. The molecule has 0 saturated heterocycles. The number of aromatic nitrogens is 2. The summed E-state index contributed by atoms with van der Waals surface area (Å²) < 4.78 is 65.4. The second kappa shape index (κ2) is 7.83. The highest BCUT2D eigenvalue weighted by atomic mass is 32.2. The molecule has 0 spiro atoms. The van der Waals surface area contributed by atoms with Gasteiger partial charge in [0.15, 0.2) is 0 Å². The Kier molecular flexibility index (Phi) is 5.29. The molecule has 0 bridgehead atoms. The molecule has 164 valence electrons. The lowest BCUT2D eigenvalue weighted by atomic mass is 10.1. The van der Waals surface area contributed by atoms with Crippen LogP contribution in [0.25, 0.3) is 0 Å². The average molecular weight is 460 g/mol. The average Bonchev–Trinajstić information content (AvgIpc) is 2.91. The molecule has 2 heterocycles. The van der Waals surface area contributed by atoms with Crippen LogP contribution in [0.1, 0.15) is 23.1 Å². The molecule has 32 heavy (non-hydrogen) atoms. The van der Waals surface area contributed by atoms with E-state index in [-0.39, 0.29) is 39.1 Å². The predicted octanol–water partition coefficient (Wildman–Crippen LogP) is 4.10. The Labute approximate surface area is 181 Å². The Morgan fingerprint density at radius 3 is 2.44 bits per heavy atom. The highest BCUT2D eigenvalue weighted by Crippen LogP contribution is 2.39. The molecule has 1 N–H and O–H groups in total. The highest BCUT2D eigenvalue weighted by molar-refractivity contribution is 7.91. The van der Waals surface area contributed by atoms with Crippen molar-refractivity contribution in [3.63, 3.8) is 0 Å². The Balaban J connectivity index is 1.80. The molecule has 3 aromatic rings. The second-order valence-corrected chi connectivity index (χ2v) is 8.87. The van der Waals surface area contributed by atoms with Gasteiger partial charge in [-0.15, -0.1) is 0 Å². The first-order valence-corrected chi connectivity index (χ1v) is 10.8. The summed E-state index contributed by atoms with van der Waals surface area (Å²) in [6.45, 7) is 1.30. The van der Waals surface area contributed by atoms with E-state index in [2.05, 4.69) is 20.3 Å². The number of alkyl halides is 3. The van der Waals surface area contributed by atoms with Gasteiger partial charge in [0.1, 0.15) is 0 Å². The second-order valence-electron chi connectivity index (χ2n) is 7.03. The van der Waals surface area contributed by atoms with Crippen molar-refractivity contribution in [1.29, 1.82) is 0 Å². The van der Waals surface area contributed by atoms with Crippen molar-refractivity contribution in [2.24, 2.45) is 4.99 Å². The van der Waals surface area contributed by atoms with E-state index in [0.29, 0.717) is 5.56 Å². The molecule has 0 fully saturated rings. The zero-order valence-electron chi connectivity index (χ0n) is 16.5. The normalized spacial score (nSPS) is 14.2. The van der Waals surface area contributed by atoms with Crippen LogP contribution in [0, 0.1) is 6.92 Å². The molecule has 1 aromatic heterocycles. The fourth-order valence-electron chi connectivity index (χ4n) is 3.26. The molecule has 0 saturated carbocycles. The van der Waals surface area contributed by atoms with Gasteiger partial charge in [0.2, 0.25) is 15.7 Å². The quantitative estimate of drug-likeness (QED) is 0.593. The van der Waals surface area contributed by atoms with Crippen molar-refractivity contribution >= 4 is 32.8 Å². The first kappa shape index (κ1) is 21.6. The van der Waals surface area contributed by atoms with Crippen LogP contribution < -0.4 is 5.32 Å². The van der Waals surface area contributed by atoms with Crippen LogP contribution in [-0.4, -0.2) is 30.0 Å². The Hall–Kier alpha value is -3.60. The number of sulfone groups is 1. The first-order chi connectivity index (χ1) is 15.1. The Bertz CT molecular complexity index is 1350. The number of hydrogen-bond acceptors (Lipinski definition) is 6. The zero-order chi connectivity index (χ0) is 23.1. The number of nitrogens with zero attached hydrogens (tertiary/aromatic N) is 3. The van der Waals surface area contributed by atoms with Crippen LogP contribution in [0.5, 0.6) is 0 Å². The van der Waals surface area contributed by atoms with Gasteiger partial charge in [-0.25, -0.2) is 18.4 Å². The summed E-state index contributed by atoms with van der Waals surface area (Å²) in [6, 6.07) is 9.32. The third-order valence-corrected chi connectivity index (χ3v) is 6.33. The molecular formula is C21H15F3N4O3S. The number of carbonyl (C=O) groups is 1. The van der Waals surface area contributed by atoms with Gasteiger partial charge in [-0.1, -0.05) is 12.1 Å². The lowest BCUT2D eigenvalue weighted by molar-refractivity contribution is -0.138. The molecule has 0 atom stereocenters. The summed E-state index contributed by atoms with van der Waals surface area (Å²) >= 11 is 0. The fraction of sp³-hybridized carbons (Fsp3) is 0.143. The van der Waals surface area contributed by atoms with Crippen molar-refractivity contribution in [3.8, 4) is 0 Å². The number of fused-ring (bicyclic) bond motifs is 1. The molecule has 1 amide bonds. The molecule has 0 radical (unpaired) electrons. The van der Waals surface area contributed by atoms with Crippen molar-refractivity contribution in [3.05, 3.63) is 71.5 Å². The molecular weight excluding hydrogens is 445 g/mol. The van der Waals surface area contributed by atoms with Crippen LogP contribution >= 0.6 is 0 Å². The molecule has 7 nitrogen and oxygen atoms in total. The number of nitrogens with one attached hydrogen (secondary N) is 1. The number of carbonyl (C=O) groups excluding carboxylic acids is 1. The summed E-state index contributed by atoms with van der Waals surface area (Å²) in [5, 5.41) is 2.06. The van der Waals surface area contributed by atoms with Crippen molar-refractivity contribution in [2.75, 3.05) is 5.32 Å². The van der Waals surface area contributed by atoms with E-state index in [4.69, 9.17) is 0 Å². The molecule has 4 rings (SSSR count). The van der Waals surface area contributed by atoms with E-state index >= 15 is 0 Å². The van der Waals surface area contributed by atoms with E-state index < -0.39 is 27.5 Å². The minimum absolute atomic E-state index is 0.0481. The van der Waals surface area contributed by atoms with Gasteiger partial charge in [0.25, 0.3) is 5.16 Å². The zero-order valence-corrected chi connectivity index (χ0v) is 17.3. The maximum Gasteiger partial charge on any atom is 0.416 e. The van der Waals surface area contributed by atoms with Crippen LogP contribution in [-0.2, 0) is 20.8 Å². The Morgan fingerprint density at radius 2 is 1.75 bits per heavy atom. The summed E-state index contributed by atoms with van der Waals surface area (Å²) in [4.78, 5) is 24.2. The molecule has 1 aliphatic rings. The van der Waals surface area contributed by atoms with Crippen molar-refractivity contribution in [2.45, 2.75) is 29.6 Å². The van der Waals surface area contributed by atoms with Crippen molar-refractivity contribution in [1.82, 2.24) is 9.97 Å². The molecule has 0 aliphatic carbocycles. The molecule has 11 heteroatoms. The van der Waals surface area contributed by atoms with Crippen LogP contribution in [0.2, 0.25) is 0 Å². The van der Waals surface area contributed by atoms with Crippen LogP contribution in [0.15, 0.2) is 69.9 Å². The number of aliphatic imine (C=N–C) groups is 1. The maximum absolute atomic E-state index is 13.2. The topological polar surface area (TPSA) is 101 Å². The van der Waals surface area contributed by atoms with Crippen molar-refractivity contribution < 1.29 is 26.4 Å². The monoisotopic (exact) mass is 460 g/mol. The van der Waals surface area contributed by atoms with Gasteiger partial charge in [-0.3, -0.25) is 9.79 Å². The first-order valence-electron chi connectivity index (χ1n) is 9.27. The van der Waals surface area contributed by atoms with Gasteiger partial charge in [0, 0.05) is 12.4 Å². The van der Waals surface area contributed by atoms with Gasteiger partial charge >= 0.3 is 6.18 Å². The number of hydrogen-bond donors (Lipinski definition) is 1. The molecule has 1 aliphatic heterocycles.